The highest BCUT2D eigenvalue weighted by Crippen LogP contribution is 2.36. The lowest BCUT2D eigenvalue weighted by Gasteiger charge is -2.37. The van der Waals surface area contributed by atoms with Gasteiger partial charge in [0.25, 0.3) is 0 Å². The summed E-state index contributed by atoms with van der Waals surface area (Å²) in [6.45, 7) is 2.16. The molecule has 0 aliphatic carbocycles. The quantitative estimate of drug-likeness (QED) is 0.889. The van der Waals surface area contributed by atoms with Crippen LogP contribution in [-0.4, -0.2) is 48.4 Å². The molecule has 0 amide bonds. The highest BCUT2D eigenvalue weighted by molar-refractivity contribution is 5.18. The Hall–Kier alpha value is -0.980. The molecule has 2 aliphatic heterocycles. The zero-order valence-corrected chi connectivity index (χ0v) is 11.8. The van der Waals surface area contributed by atoms with Crippen LogP contribution >= 0.6 is 0 Å². The van der Waals surface area contributed by atoms with Crippen molar-refractivity contribution in [3.8, 4) is 0 Å². The van der Waals surface area contributed by atoms with Crippen LogP contribution in [-0.2, 0) is 14.3 Å². The van der Waals surface area contributed by atoms with E-state index in [9.17, 15) is 5.11 Å². The lowest BCUT2D eigenvalue weighted by molar-refractivity contribution is -0.269. The van der Waals surface area contributed by atoms with E-state index in [4.69, 9.17) is 14.3 Å². The molecule has 110 valence electrons. The minimum Gasteiger partial charge on any atom is -0.388 e. The summed E-state index contributed by atoms with van der Waals surface area (Å²) < 4.78 is 11.0. The summed E-state index contributed by atoms with van der Waals surface area (Å²) in [6, 6.07) is 10.2. The third kappa shape index (κ3) is 2.73. The molecule has 0 aromatic heterocycles. The van der Waals surface area contributed by atoms with Gasteiger partial charge in [0.15, 0.2) is 6.29 Å². The SMILES string of the molecule is C[C@@H]1OC[C@@H](O)[C@H]([C@H]2C[C@H](c3ccccc3)ON2C)O1. The molecule has 0 bridgehead atoms. The van der Waals surface area contributed by atoms with Crippen LogP contribution in [0.5, 0.6) is 0 Å². The van der Waals surface area contributed by atoms with Crippen LogP contribution < -0.4 is 0 Å². The second-order valence-electron chi connectivity index (χ2n) is 5.42. The normalized spacial score (nSPS) is 39.0. The topological polar surface area (TPSA) is 51.2 Å². The summed E-state index contributed by atoms with van der Waals surface area (Å²) in [6.07, 6.45) is -0.364. The largest absolute Gasteiger partial charge is 0.388 e. The number of benzene rings is 1. The monoisotopic (exact) mass is 279 g/mol. The zero-order valence-electron chi connectivity index (χ0n) is 11.8. The van der Waals surface area contributed by atoms with Crippen molar-refractivity contribution >= 4 is 0 Å². The van der Waals surface area contributed by atoms with E-state index in [0.717, 1.165) is 12.0 Å². The van der Waals surface area contributed by atoms with Gasteiger partial charge in [-0.3, -0.25) is 4.84 Å². The van der Waals surface area contributed by atoms with Gasteiger partial charge in [0.05, 0.1) is 12.6 Å². The summed E-state index contributed by atoms with van der Waals surface area (Å²) in [5.74, 6) is 0. The first-order valence-corrected chi connectivity index (χ1v) is 7.05. The maximum atomic E-state index is 10.1. The maximum absolute atomic E-state index is 10.1. The summed E-state index contributed by atoms with van der Waals surface area (Å²) in [7, 11) is 1.89. The summed E-state index contributed by atoms with van der Waals surface area (Å²) in [5.41, 5.74) is 1.15. The standard InChI is InChI=1S/C15H21NO4/c1-10-18-9-13(17)15(19-10)12-8-14(20-16(12)2)11-6-4-3-5-7-11/h3-7,10,12-15,17H,8-9H2,1-2H3/t10-,12-,13-,14-,15+/m1/s1. The van der Waals surface area contributed by atoms with Gasteiger partial charge in [-0.2, -0.15) is 5.06 Å². The third-order valence-electron chi connectivity index (χ3n) is 4.00. The molecular weight excluding hydrogens is 258 g/mol. The molecule has 0 saturated carbocycles. The van der Waals surface area contributed by atoms with Crippen molar-refractivity contribution in [2.24, 2.45) is 0 Å². The summed E-state index contributed by atoms with van der Waals surface area (Å²) in [4.78, 5) is 5.90. The number of likely N-dealkylation sites (N-methyl/N-ethyl adjacent to an activating group) is 1. The van der Waals surface area contributed by atoms with Crippen LogP contribution in [0.2, 0.25) is 0 Å². The maximum Gasteiger partial charge on any atom is 0.155 e. The lowest BCUT2D eigenvalue weighted by Crippen LogP contribution is -2.52. The van der Waals surface area contributed by atoms with Crippen molar-refractivity contribution < 1.29 is 19.4 Å². The molecule has 0 radical (unpaired) electrons. The second-order valence-corrected chi connectivity index (χ2v) is 5.42. The number of aliphatic hydroxyl groups is 1. The van der Waals surface area contributed by atoms with E-state index in [1.807, 2.05) is 37.2 Å². The molecule has 20 heavy (non-hydrogen) atoms. The molecule has 5 nitrogen and oxygen atoms in total. The Kier molecular flexibility index (Phi) is 4.05. The first-order chi connectivity index (χ1) is 9.65. The number of hydrogen-bond acceptors (Lipinski definition) is 5. The Labute approximate surface area is 119 Å². The van der Waals surface area contributed by atoms with Gasteiger partial charge in [-0.1, -0.05) is 30.3 Å². The molecule has 3 rings (SSSR count). The van der Waals surface area contributed by atoms with Gasteiger partial charge in [-0.05, 0) is 12.5 Å². The molecule has 5 atom stereocenters. The average Bonchev–Trinajstić information content (AvgIpc) is 2.84. The first kappa shape index (κ1) is 14.0. The van der Waals surface area contributed by atoms with Gasteiger partial charge in [0.2, 0.25) is 0 Å². The van der Waals surface area contributed by atoms with Crippen LogP contribution in [0.3, 0.4) is 0 Å². The molecular formula is C15H21NO4. The Morgan fingerprint density at radius 1 is 1.25 bits per heavy atom. The summed E-state index contributed by atoms with van der Waals surface area (Å²) in [5, 5.41) is 11.9. The predicted octanol–water partition coefficient (Wildman–Crippen LogP) is 1.49. The molecule has 0 spiro atoms. The lowest BCUT2D eigenvalue weighted by atomic mass is 9.97. The molecule has 1 aromatic rings. The molecule has 2 heterocycles. The molecule has 2 aliphatic rings. The van der Waals surface area contributed by atoms with Gasteiger partial charge in [-0.15, -0.1) is 0 Å². The summed E-state index contributed by atoms with van der Waals surface area (Å²) >= 11 is 0. The smallest absolute Gasteiger partial charge is 0.155 e. The van der Waals surface area contributed by atoms with Gasteiger partial charge in [-0.25, -0.2) is 0 Å². The van der Waals surface area contributed by atoms with E-state index in [0.29, 0.717) is 6.61 Å². The fraction of sp³-hybridized carbons (Fsp3) is 0.600. The number of aliphatic hydroxyl groups excluding tert-OH is 1. The Morgan fingerprint density at radius 2 is 2.00 bits per heavy atom. The van der Waals surface area contributed by atoms with Gasteiger partial charge in [0, 0.05) is 13.5 Å². The van der Waals surface area contributed by atoms with Crippen LogP contribution in [0.4, 0.5) is 0 Å². The number of hydroxylamine groups is 2. The van der Waals surface area contributed by atoms with Gasteiger partial charge < -0.3 is 14.6 Å². The molecule has 1 aromatic carbocycles. The number of rotatable bonds is 2. The van der Waals surface area contributed by atoms with Crippen LogP contribution in [0.25, 0.3) is 0 Å². The molecule has 0 unspecified atom stereocenters. The van der Waals surface area contributed by atoms with Gasteiger partial charge in [0.1, 0.15) is 18.3 Å². The number of hydrogen-bond donors (Lipinski definition) is 1. The highest BCUT2D eigenvalue weighted by Gasteiger charge is 2.43. The molecule has 5 heteroatoms. The van der Waals surface area contributed by atoms with E-state index < -0.39 is 6.10 Å². The van der Waals surface area contributed by atoms with Crippen molar-refractivity contribution in [3.05, 3.63) is 35.9 Å². The van der Waals surface area contributed by atoms with Crippen molar-refractivity contribution in [1.29, 1.82) is 0 Å². The van der Waals surface area contributed by atoms with Crippen molar-refractivity contribution in [2.75, 3.05) is 13.7 Å². The minimum atomic E-state index is -0.614. The van der Waals surface area contributed by atoms with Crippen LogP contribution in [0.15, 0.2) is 30.3 Å². The van der Waals surface area contributed by atoms with E-state index in [2.05, 4.69) is 12.1 Å². The Morgan fingerprint density at radius 3 is 2.75 bits per heavy atom. The van der Waals surface area contributed by atoms with Crippen molar-refractivity contribution in [3.63, 3.8) is 0 Å². The van der Waals surface area contributed by atoms with Crippen LogP contribution in [0, 0.1) is 0 Å². The predicted molar refractivity (Wildman–Crippen MR) is 72.7 cm³/mol. The van der Waals surface area contributed by atoms with Crippen LogP contribution in [0.1, 0.15) is 25.0 Å². The molecule has 2 fully saturated rings. The van der Waals surface area contributed by atoms with E-state index in [1.165, 1.54) is 0 Å². The molecule has 1 N–H and O–H groups in total. The number of ether oxygens (including phenoxy) is 2. The second kappa shape index (κ2) is 5.79. The van der Waals surface area contributed by atoms with Crippen molar-refractivity contribution in [2.45, 2.75) is 44.0 Å². The highest BCUT2D eigenvalue weighted by atomic mass is 16.7. The van der Waals surface area contributed by atoms with E-state index in [-0.39, 0.29) is 24.5 Å². The van der Waals surface area contributed by atoms with Crippen molar-refractivity contribution in [1.82, 2.24) is 5.06 Å². The minimum absolute atomic E-state index is 0.0140. The fourth-order valence-corrected chi connectivity index (χ4v) is 2.92. The van der Waals surface area contributed by atoms with E-state index >= 15 is 0 Å². The number of nitrogens with zero attached hydrogens (tertiary/aromatic N) is 1. The first-order valence-electron chi connectivity index (χ1n) is 7.05. The van der Waals surface area contributed by atoms with E-state index in [1.54, 1.807) is 0 Å². The average molecular weight is 279 g/mol. The zero-order chi connectivity index (χ0) is 14.1. The fourth-order valence-electron chi connectivity index (χ4n) is 2.92. The Bertz CT molecular complexity index is 441. The third-order valence-corrected chi connectivity index (χ3v) is 4.00. The Balaban J connectivity index is 1.72. The molecule has 2 saturated heterocycles. The van der Waals surface area contributed by atoms with Gasteiger partial charge >= 0.3 is 0 Å².